The molecule has 0 bridgehead atoms. The van der Waals surface area contributed by atoms with Gasteiger partial charge in [0.1, 0.15) is 18.0 Å². The number of carbonyl (C=O) groups is 1. The van der Waals surface area contributed by atoms with Crippen molar-refractivity contribution in [3.05, 3.63) is 42.4 Å². The Bertz CT molecular complexity index is 651. The number of benzene rings is 1. The summed E-state index contributed by atoms with van der Waals surface area (Å²) in [5, 5.41) is 0. The number of ether oxygens (including phenoxy) is 1. The van der Waals surface area contributed by atoms with Crippen LogP contribution in [0.3, 0.4) is 0 Å². The first-order valence-corrected chi connectivity index (χ1v) is 6.71. The number of amides is 1. The molecule has 102 valence electrons. The summed E-state index contributed by atoms with van der Waals surface area (Å²) in [6.45, 7) is 3.05. The zero-order valence-corrected chi connectivity index (χ0v) is 10.9. The first-order chi connectivity index (χ1) is 9.84. The molecular weight excluding hydrogens is 256 g/mol. The van der Waals surface area contributed by atoms with E-state index < -0.39 is 0 Å². The molecule has 5 nitrogen and oxygen atoms in total. The van der Waals surface area contributed by atoms with Crippen molar-refractivity contribution in [2.24, 2.45) is 0 Å². The highest BCUT2D eigenvalue weighted by atomic mass is 16.5. The average Bonchev–Trinajstić information content (AvgIpc) is 3.02. The third-order valence-electron chi connectivity index (χ3n) is 3.77. The second-order valence-corrected chi connectivity index (χ2v) is 4.89. The Morgan fingerprint density at radius 1 is 1.10 bits per heavy atom. The van der Waals surface area contributed by atoms with Crippen LogP contribution in [0.4, 0.5) is 11.4 Å². The van der Waals surface area contributed by atoms with E-state index in [0.717, 1.165) is 30.2 Å². The highest BCUT2D eigenvalue weighted by molar-refractivity contribution is 6.07. The van der Waals surface area contributed by atoms with E-state index in [2.05, 4.69) is 4.90 Å². The molecule has 4 rings (SSSR count). The highest BCUT2D eigenvalue weighted by Crippen LogP contribution is 2.42. The molecule has 0 fully saturated rings. The first-order valence-electron chi connectivity index (χ1n) is 6.71. The number of hydrogen-bond donors (Lipinski definition) is 0. The minimum atomic E-state index is -0.103. The zero-order chi connectivity index (χ0) is 13.5. The molecule has 0 radical (unpaired) electrons. The van der Waals surface area contributed by atoms with Crippen molar-refractivity contribution in [3.63, 3.8) is 0 Å². The van der Waals surface area contributed by atoms with Crippen molar-refractivity contribution in [3.8, 4) is 5.75 Å². The van der Waals surface area contributed by atoms with E-state index in [9.17, 15) is 4.79 Å². The molecule has 20 heavy (non-hydrogen) atoms. The lowest BCUT2D eigenvalue weighted by Gasteiger charge is -2.40. The summed E-state index contributed by atoms with van der Waals surface area (Å²) in [5.41, 5.74) is 1.92. The fourth-order valence-electron chi connectivity index (χ4n) is 2.85. The van der Waals surface area contributed by atoms with E-state index in [0.29, 0.717) is 18.9 Å². The van der Waals surface area contributed by atoms with E-state index in [-0.39, 0.29) is 5.91 Å². The molecule has 0 saturated carbocycles. The molecule has 0 aliphatic carbocycles. The smallest absolute Gasteiger partial charge is 0.294 e. The maximum atomic E-state index is 12.5. The number of nitrogens with zero attached hydrogens (tertiary/aromatic N) is 2. The second-order valence-electron chi connectivity index (χ2n) is 4.89. The summed E-state index contributed by atoms with van der Waals surface area (Å²) in [5.74, 6) is 1.12. The number of hydrogen-bond acceptors (Lipinski definition) is 4. The average molecular weight is 270 g/mol. The van der Waals surface area contributed by atoms with Gasteiger partial charge in [-0.15, -0.1) is 0 Å². The van der Waals surface area contributed by atoms with Crippen LogP contribution in [-0.2, 0) is 0 Å². The predicted octanol–water partition coefficient (Wildman–Crippen LogP) is 2.14. The molecule has 0 N–H and O–H groups in total. The van der Waals surface area contributed by atoms with Gasteiger partial charge in [-0.2, -0.15) is 0 Å². The predicted molar refractivity (Wildman–Crippen MR) is 74.5 cm³/mol. The molecule has 0 spiro atoms. The van der Waals surface area contributed by atoms with Crippen molar-refractivity contribution in [1.29, 1.82) is 0 Å². The maximum absolute atomic E-state index is 12.5. The van der Waals surface area contributed by atoms with Crippen LogP contribution in [-0.4, -0.2) is 32.1 Å². The largest absolute Gasteiger partial charge is 0.489 e. The number of carbonyl (C=O) groups excluding carboxylic acids is 1. The van der Waals surface area contributed by atoms with Crippen LogP contribution < -0.4 is 14.5 Å². The Morgan fingerprint density at radius 3 is 2.90 bits per heavy atom. The molecule has 0 unspecified atom stereocenters. The van der Waals surface area contributed by atoms with Gasteiger partial charge in [-0.1, -0.05) is 6.07 Å². The van der Waals surface area contributed by atoms with Crippen molar-refractivity contribution in [2.45, 2.75) is 0 Å². The van der Waals surface area contributed by atoms with Crippen LogP contribution in [0.2, 0.25) is 0 Å². The van der Waals surface area contributed by atoms with Gasteiger partial charge >= 0.3 is 0 Å². The molecule has 1 aromatic heterocycles. The van der Waals surface area contributed by atoms with Crippen LogP contribution in [0.15, 0.2) is 41.0 Å². The molecule has 1 aromatic carbocycles. The molecule has 0 atom stereocenters. The SMILES string of the molecule is O=C(c1ccco1)N1CCN2CCOc3cccc1c32. The first kappa shape index (κ1) is 11.4. The maximum Gasteiger partial charge on any atom is 0.294 e. The van der Waals surface area contributed by atoms with Crippen LogP contribution in [0.5, 0.6) is 5.75 Å². The van der Waals surface area contributed by atoms with Gasteiger partial charge < -0.3 is 19.0 Å². The molecular formula is C15H14N2O3. The Balaban J connectivity index is 1.79. The summed E-state index contributed by atoms with van der Waals surface area (Å²) in [7, 11) is 0. The quantitative estimate of drug-likeness (QED) is 0.796. The Kier molecular flexibility index (Phi) is 2.45. The fourth-order valence-corrected chi connectivity index (χ4v) is 2.85. The van der Waals surface area contributed by atoms with Gasteiger partial charge in [0.2, 0.25) is 0 Å². The second kappa shape index (κ2) is 4.30. The molecule has 5 heteroatoms. The van der Waals surface area contributed by atoms with Crippen molar-refractivity contribution < 1.29 is 13.9 Å². The summed E-state index contributed by atoms with van der Waals surface area (Å²) in [4.78, 5) is 16.6. The third-order valence-corrected chi connectivity index (χ3v) is 3.77. The van der Waals surface area contributed by atoms with E-state index in [4.69, 9.17) is 9.15 Å². The number of anilines is 2. The monoisotopic (exact) mass is 270 g/mol. The van der Waals surface area contributed by atoms with E-state index in [1.54, 1.807) is 17.0 Å². The summed E-state index contributed by atoms with van der Waals surface area (Å²) < 4.78 is 10.9. The van der Waals surface area contributed by atoms with Gasteiger partial charge in [0.15, 0.2) is 5.76 Å². The van der Waals surface area contributed by atoms with Crippen LogP contribution in [0, 0.1) is 0 Å². The zero-order valence-electron chi connectivity index (χ0n) is 10.9. The topological polar surface area (TPSA) is 45.9 Å². The lowest BCUT2D eigenvalue weighted by atomic mass is 10.1. The van der Waals surface area contributed by atoms with Gasteiger partial charge in [-0.25, -0.2) is 0 Å². The van der Waals surface area contributed by atoms with Gasteiger partial charge in [-0.05, 0) is 24.3 Å². The van der Waals surface area contributed by atoms with Crippen LogP contribution >= 0.6 is 0 Å². The Hall–Kier alpha value is -2.43. The Labute approximate surface area is 116 Å². The van der Waals surface area contributed by atoms with Gasteiger partial charge in [0, 0.05) is 13.1 Å². The highest BCUT2D eigenvalue weighted by Gasteiger charge is 2.32. The minimum absolute atomic E-state index is 0.103. The summed E-state index contributed by atoms with van der Waals surface area (Å²) >= 11 is 0. The lowest BCUT2D eigenvalue weighted by molar-refractivity contribution is 0.0959. The van der Waals surface area contributed by atoms with Gasteiger partial charge in [0.05, 0.1) is 18.5 Å². The number of furan rings is 1. The third kappa shape index (κ3) is 1.59. The van der Waals surface area contributed by atoms with Gasteiger partial charge in [-0.3, -0.25) is 4.79 Å². The van der Waals surface area contributed by atoms with Crippen molar-refractivity contribution in [1.82, 2.24) is 0 Å². The normalized spacial score (nSPS) is 16.6. The number of para-hydroxylation sites is 1. The standard InChI is InChI=1S/C15H14N2O3/c18-15(13-5-2-9-19-13)17-7-6-16-8-10-20-12-4-1-3-11(17)14(12)16/h1-5,9H,6-8,10H2. The van der Waals surface area contributed by atoms with Crippen molar-refractivity contribution >= 4 is 17.3 Å². The van der Waals surface area contributed by atoms with E-state index >= 15 is 0 Å². The van der Waals surface area contributed by atoms with Gasteiger partial charge in [0.25, 0.3) is 5.91 Å². The Morgan fingerprint density at radius 2 is 2.05 bits per heavy atom. The summed E-state index contributed by atoms with van der Waals surface area (Å²) in [6.07, 6.45) is 1.52. The lowest BCUT2D eigenvalue weighted by Crippen LogP contribution is -2.46. The van der Waals surface area contributed by atoms with Crippen LogP contribution in [0.1, 0.15) is 10.6 Å². The molecule has 2 aromatic rings. The van der Waals surface area contributed by atoms with E-state index in [1.807, 2.05) is 18.2 Å². The molecule has 3 heterocycles. The molecule has 1 amide bonds. The van der Waals surface area contributed by atoms with Crippen LogP contribution in [0.25, 0.3) is 0 Å². The fraction of sp³-hybridized carbons (Fsp3) is 0.267. The van der Waals surface area contributed by atoms with Crippen molar-refractivity contribution in [2.75, 3.05) is 36.0 Å². The van der Waals surface area contributed by atoms with E-state index in [1.165, 1.54) is 6.26 Å². The molecule has 2 aliphatic rings. The summed E-state index contributed by atoms with van der Waals surface area (Å²) in [6, 6.07) is 9.26. The molecule has 2 aliphatic heterocycles. The number of rotatable bonds is 1. The minimum Gasteiger partial charge on any atom is -0.489 e. The molecule has 0 saturated heterocycles.